The van der Waals surface area contributed by atoms with Gasteiger partial charge in [0.1, 0.15) is 0 Å². The fourth-order valence-electron chi connectivity index (χ4n) is 0.933. The molecule has 66 valence electrons. The van der Waals surface area contributed by atoms with Crippen molar-refractivity contribution in [2.75, 3.05) is 12.8 Å². The second kappa shape index (κ2) is 3.63. The summed E-state index contributed by atoms with van der Waals surface area (Å²) in [4.78, 5) is 11.1. The maximum Gasteiger partial charge on any atom is 0.339 e. The quantitative estimate of drug-likeness (QED) is 0.394. The third-order valence-corrected chi connectivity index (χ3v) is 1.63. The number of nitrogen functional groups attached to an aromatic ring is 1. The topological polar surface area (TPSA) is 52.3 Å². The van der Waals surface area contributed by atoms with Crippen LogP contribution in [0.4, 0.5) is 5.69 Å². The van der Waals surface area contributed by atoms with E-state index >= 15 is 0 Å². The Morgan fingerprint density at radius 3 is 2.85 bits per heavy atom. The Morgan fingerprint density at radius 1 is 1.62 bits per heavy atom. The van der Waals surface area contributed by atoms with Gasteiger partial charge in [-0.15, -0.1) is 6.42 Å². The molecule has 2 N–H and O–H groups in total. The number of methoxy groups -OCH3 is 1. The molecule has 0 saturated heterocycles. The number of rotatable bonds is 1. The molecule has 0 aliphatic carbocycles. The van der Waals surface area contributed by atoms with Crippen LogP contribution >= 0.6 is 0 Å². The highest BCUT2D eigenvalue weighted by molar-refractivity contribution is 5.95. The van der Waals surface area contributed by atoms with E-state index in [0.717, 1.165) is 0 Å². The highest BCUT2D eigenvalue weighted by Gasteiger charge is 2.09. The molecular formula is C10H9NO2. The molecule has 0 spiro atoms. The van der Waals surface area contributed by atoms with Gasteiger partial charge in [-0.2, -0.15) is 0 Å². The average molecular weight is 175 g/mol. The van der Waals surface area contributed by atoms with Crippen molar-refractivity contribution in [3.8, 4) is 12.3 Å². The van der Waals surface area contributed by atoms with Crippen molar-refractivity contribution in [3.05, 3.63) is 29.3 Å². The second-order valence-corrected chi connectivity index (χ2v) is 2.44. The van der Waals surface area contributed by atoms with Crippen molar-refractivity contribution < 1.29 is 9.53 Å². The van der Waals surface area contributed by atoms with Crippen LogP contribution in [0.3, 0.4) is 0 Å². The number of esters is 1. The lowest BCUT2D eigenvalue weighted by atomic mass is 10.1. The smallest absolute Gasteiger partial charge is 0.339 e. The minimum absolute atomic E-state index is 0.304. The summed E-state index contributed by atoms with van der Waals surface area (Å²) in [6, 6.07) is 4.78. The first-order valence-corrected chi connectivity index (χ1v) is 3.63. The molecule has 0 heterocycles. The van der Waals surface area contributed by atoms with E-state index in [2.05, 4.69) is 10.7 Å². The molecule has 3 heteroatoms. The Kier molecular flexibility index (Phi) is 2.56. The number of anilines is 1. The molecule has 0 atom stereocenters. The van der Waals surface area contributed by atoms with E-state index in [1.807, 2.05) is 0 Å². The number of benzene rings is 1. The first-order chi connectivity index (χ1) is 6.19. The Morgan fingerprint density at radius 2 is 2.31 bits per heavy atom. The van der Waals surface area contributed by atoms with Gasteiger partial charge < -0.3 is 10.5 Å². The summed E-state index contributed by atoms with van der Waals surface area (Å²) < 4.78 is 4.53. The zero-order chi connectivity index (χ0) is 9.84. The van der Waals surface area contributed by atoms with E-state index in [0.29, 0.717) is 16.8 Å². The van der Waals surface area contributed by atoms with Crippen LogP contribution < -0.4 is 5.73 Å². The van der Waals surface area contributed by atoms with Crippen molar-refractivity contribution >= 4 is 11.7 Å². The second-order valence-electron chi connectivity index (χ2n) is 2.44. The molecule has 3 nitrogen and oxygen atoms in total. The Hall–Kier alpha value is -1.95. The third kappa shape index (κ3) is 1.79. The number of ether oxygens (including phenoxy) is 1. The molecule has 0 aliphatic rings. The number of carbonyl (C=O) groups excluding carboxylic acids is 1. The summed E-state index contributed by atoms with van der Waals surface area (Å²) in [5.74, 6) is 1.93. The predicted octanol–water partition coefficient (Wildman–Crippen LogP) is 1.04. The zero-order valence-electron chi connectivity index (χ0n) is 7.20. The minimum Gasteiger partial charge on any atom is -0.465 e. The van der Waals surface area contributed by atoms with Gasteiger partial charge in [-0.05, 0) is 18.2 Å². The van der Waals surface area contributed by atoms with E-state index in [9.17, 15) is 4.79 Å². The van der Waals surface area contributed by atoms with Gasteiger partial charge in [-0.3, -0.25) is 0 Å². The van der Waals surface area contributed by atoms with Crippen LogP contribution in [0.1, 0.15) is 15.9 Å². The lowest BCUT2D eigenvalue weighted by Gasteiger charge is -2.03. The van der Waals surface area contributed by atoms with Crippen LogP contribution in [0.15, 0.2) is 18.2 Å². The average Bonchev–Trinajstić information content (AvgIpc) is 2.17. The predicted molar refractivity (Wildman–Crippen MR) is 50.1 cm³/mol. The molecule has 13 heavy (non-hydrogen) atoms. The molecule has 0 aliphatic heterocycles. The first kappa shape index (κ1) is 9.14. The van der Waals surface area contributed by atoms with Crippen LogP contribution in [-0.2, 0) is 4.74 Å². The van der Waals surface area contributed by atoms with Crippen LogP contribution in [0.5, 0.6) is 0 Å². The lowest BCUT2D eigenvalue weighted by molar-refractivity contribution is 0.0602. The maximum atomic E-state index is 11.1. The fraction of sp³-hybridized carbons (Fsp3) is 0.100. The van der Waals surface area contributed by atoms with Gasteiger partial charge in [0.25, 0.3) is 0 Å². The van der Waals surface area contributed by atoms with Gasteiger partial charge in [-0.25, -0.2) is 4.79 Å². The fourth-order valence-corrected chi connectivity index (χ4v) is 0.933. The molecule has 0 amide bonds. The number of nitrogens with two attached hydrogens (primary N) is 1. The van der Waals surface area contributed by atoms with Crippen molar-refractivity contribution in [1.29, 1.82) is 0 Å². The van der Waals surface area contributed by atoms with Crippen molar-refractivity contribution in [2.24, 2.45) is 0 Å². The highest BCUT2D eigenvalue weighted by Crippen LogP contribution is 2.14. The largest absolute Gasteiger partial charge is 0.465 e. The molecule has 0 aromatic heterocycles. The Balaban J connectivity index is 3.20. The summed E-state index contributed by atoms with van der Waals surface area (Å²) in [5, 5.41) is 0. The van der Waals surface area contributed by atoms with Crippen molar-refractivity contribution in [3.63, 3.8) is 0 Å². The molecule has 0 unspecified atom stereocenters. The van der Waals surface area contributed by atoms with Crippen LogP contribution in [-0.4, -0.2) is 13.1 Å². The third-order valence-electron chi connectivity index (χ3n) is 1.63. The highest BCUT2D eigenvalue weighted by atomic mass is 16.5. The molecule has 0 radical (unpaired) electrons. The molecule has 1 aromatic carbocycles. The van der Waals surface area contributed by atoms with Crippen molar-refractivity contribution in [1.82, 2.24) is 0 Å². The number of terminal acetylenes is 1. The van der Waals surface area contributed by atoms with E-state index in [1.54, 1.807) is 12.1 Å². The summed E-state index contributed by atoms with van der Waals surface area (Å²) in [6.45, 7) is 0. The number of hydrogen-bond acceptors (Lipinski definition) is 3. The Bertz CT molecular complexity index is 377. The molecule has 0 fully saturated rings. The summed E-state index contributed by atoms with van der Waals surface area (Å²) in [5.41, 5.74) is 6.83. The summed E-state index contributed by atoms with van der Waals surface area (Å²) in [6.07, 6.45) is 5.17. The van der Waals surface area contributed by atoms with E-state index in [4.69, 9.17) is 12.2 Å². The van der Waals surface area contributed by atoms with Gasteiger partial charge in [0, 0.05) is 11.3 Å². The molecule has 0 bridgehead atoms. The molecule has 0 saturated carbocycles. The van der Waals surface area contributed by atoms with Crippen LogP contribution in [0.2, 0.25) is 0 Å². The zero-order valence-corrected chi connectivity index (χ0v) is 7.20. The SMILES string of the molecule is C#Cc1ccc(N)c(C(=O)OC)c1. The monoisotopic (exact) mass is 175 g/mol. The number of hydrogen-bond donors (Lipinski definition) is 1. The van der Waals surface area contributed by atoms with Gasteiger partial charge in [0.2, 0.25) is 0 Å². The molecular weight excluding hydrogens is 166 g/mol. The van der Waals surface area contributed by atoms with E-state index in [-0.39, 0.29) is 0 Å². The van der Waals surface area contributed by atoms with E-state index in [1.165, 1.54) is 13.2 Å². The van der Waals surface area contributed by atoms with Crippen LogP contribution in [0, 0.1) is 12.3 Å². The van der Waals surface area contributed by atoms with Gasteiger partial charge >= 0.3 is 5.97 Å². The summed E-state index contributed by atoms with van der Waals surface area (Å²) >= 11 is 0. The van der Waals surface area contributed by atoms with E-state index < -0.39 is 5.97 Å². The minimum atomic E-state index is -0.477. The molecule has 1 rings (SSSR count). The summed E-state index contributed by atoms with van der Waals surface area (Å²) in [7, 11) is 1.30. The van der Waals surface area contributed by atoms with Gasteiger partial charge in [0.15, 0.2) is 0 Å². The van der Waals surface area contributed by atoms with Crippen molar-refractivity contribution in [2.45, 2.75) is 0 Å². The van der Waals surface area contributed by atoms with Gasteiger partial charge in [-0.1, -0.05) is 5.92 Å². The Labute approximate surface area is 76.5 Å². The standard InChI is InChI=1S/C10H9NO2/c1-3-7-4-5-9(11)8(6-7)10(12)13-2/h1,4-6H,11H2,2H3. The normalized spacial score (nSPS) is 8.92. The maximum absolute atomic E-state index is 11.1. The van der Waals surface area contributed by atoms with Gasteiger partial charge in [0.05, 0.1) is 12.7 Å². The van der Waals surface area contributed by atoms with Crippen LogP contribution in [0.25, 0.3) is 0 Å². The molecule has 1 aromatic rings. The lowest BCUT2D eigenvalue weighted by Crippen LogP contribution is -2.05. The number of carbonyl (C=O) groups is 1. The first-order valence-electron chi connectivity index (χ1n) is 3.63.